The topological polar surface area (TPSA) is 68.2 Å². The fourth-order valence-corrected chi connectivity index (χ4v) is 2.19. The van der Waals surface area contributed by atoms with Crippen molar-refractivity contribution in [3.8, 4) is 5.75 Å². The van der Waals surface area contributed by atoms with Crippen LogP contribution >= 0.6 is 0 Å². The summed E-state index contributed by atoms with van der Waals surface area (Å²) in [7, 11) is 1.60. The van der Waals surface area contributed by atoms with E-state index < -0.39 is 22.9 Å². The highest BCUT2D eigenvalue weighted by Gasteiger charge is 2.36. The minimum atomic E-state index is -1.01. The van der Waals surface area contributed by atoms with E-state index in [0.29, 0.717) is 12.3 Å². The molecule has 0 saturated heterocycles. The maximum absolute atomic E-state index is 12.2. The van der Waals surface area contributed by atoms with Crippen LogP contribution in [-0.4, -0.2) is 47.1 Å². The molecule has 6 nitrogen and oxygen atoms in total. The summed E-state index contributed by atoms with van der Waals surface area (Å²) in [5.74, 6) is 0.679. The molecule has 0 atom stereocenters. The lowest BCUT2D eigenvalue weighted by Gasteiger charge is -2.38. The number of nitrogens with zero attached hydrogens (tertiary/aromatic N) is 1. The second kappa shape index (κ2) is 7.12. The van der Waals surface area contributed by atoms with Crippen LogP contribution in [0.25, 0.3) is 0 Å². The third-order valence-electron chi connectivity index (χ3n) is 4.46. The Morgan fingerprint density at radius 3 is 2.42 bits per heavy atom. The van der Waals surface area contributed by atoms with Gasteiger partial charge in [-0.3, -0.25) is 4.90 Å². The van der Waals surface area contributed by atoms with Gasteiger partial charge in [0, 0.05) is 5.56 Å². The average Bonchev–Trinajstić information content (AvgIpc) is 2.49. The molecule has 0 aromatic heterocycles. The Labute approximate surface area is 156 Å². The zero-order valence-corrected chi connectivity index (χ0v) is 16.8. The summed E-state index contributed by atoms with van der Waals surface area (Å²) in [4.78, 5) is 13.8. The van der Waals surface area contributed by atoms with E-state index in [1.165, 1.54) is 4.90 Å². The number of rotatable bonds is 4. The van der Waals surface area contributed by atoms with Crippen molar-refractivity contribution in [2.24, 2.45) is 0 Å². The first-order valence-electron chi connectivity index (χ1n) is 8.76. The van der Waals surface area contributed by atoms with Crippen molar-refractivity contribution in [2.75, 3.05) is 6.73 Å². The molecular formula is C19H29BNO5. The number of carbonyl (C=O) groups is 1. The van der Waals surface area contributed by atoms with Gasteiger partial charge in [0.15, 0.2) is 6.73 Å². The highest BCUT2D eigenvalue weighted by molar-refractivity contribution is 6.48. The molecule has 0 aliphatic carbocycles. The van der Waals surface area contributed by atoms with E-state index in [2.05, 4.69) is 0 Å². The van der Waals surface area contributed by atoms with Crippen molar-refractivity contribution in [1.82, 2.24) is 4.90 Å². The minimum Gasteiger partial charge on any atom is -0.473 e. The number of benzene rings is 1. The Balaban J connectivity index is 2.10. The molecule has 1 aromatic rings. The molecule has 1 heterocycles. The van der Waals surface area contributed by atoms with Crippen LogP contribution < -0.4 is 10.2 Å². The summed E-state index contributed by atoms with van der Waals surface area (Å²) in [6, 6.07) is 5.67. The average molecular weight is 362 g/mol. The lowest BCUT2D eigenvalue weighted by molar-refractivity contribution is -0.0893. The number of para-hydroxylation sites is 1. The van der Waals surface area contributed by atoms with Crippen molar-refractivity contribution in [1.29, 1.82) is 0 Å². The zero-order chi connectivity index (χ0) is 19.8. The van der Waals surface area contributed by atoms with E-state index in [1.54, 1.807) is 21.3 Å². The Hall–Kier alpha value is -1.73. The lowest BCUT2D eigenvalue weighted by atomic mass is 9.81. The van der Waals surface area contributed by atoms with E-state index in [-0.39, 0.29) is 6.73 Å². The molecule has 0 fully saturated rings. The molecule has 1 N–H and O–H groups in total. The van der Waals surface area contributed by atoms with Gasteiger partial charge in [-0.1, -0.05) is 18.2 Å². The first-order chi connectivity index (χ1) is 11.8. The Kier molecular flexibility index (Phi) is 5.64. The molecule has 1 radical (unpaired) electrons. The van der Waals surface area contributed by atoms with Crippen LogP contribution in [0.2, 0.25) is 0 Å². The van der Waals surface area contributed by atoms with Gasteiger partial charge in [-0.2, -0.15) is 0 Å². The number of amides is 1. The Morgan fingerprint density at radius 1 is 1.19 bits per heavy atom. The molecule has 143 valence electrons. The molecule has 0 saturated carbocycles. The Morgan fingerprint density at radius 2 is 1.85 bits per heavy atom. The van der Waals surface area contributed by atoms with Gasteiger partial charge in [0.2, 0.25) is 0 Å². The Bertz CT molecular complexity index is 661. The molecule has 7 heteroatoms. The van der Waals surface area contributed by atoms with Crippen molar-refractivity contribution in [3.05, 3.63) is 23.8 Å². The van der Waals surface area contributed by atoms with Crippen LogP contribution in [0.1, 0.15) is 54.0 Å². The molecule has 1 aliphatic rings. The van der Waals surface area contributed by atoms with Crippen LogP contribution in [0.4, 0.5) is 4.79 Å². The van der Waals surface area contributed by atoms with E-state index in [0.717, 1.165) is 11.0 Å². The molecule has 2 rings (SSSR count). The maximum atomic E-state index is 12.2. The molecule has 0 unspecified atom stereocenters. The van der Waals surface area contributed by atoms with Gasteiger partial charge in [0.05, 0.1) is 17.7 Å². The summed E-state index contributed by atoms with van der Waals surface area (Å²) < 4.78 is 17.0. The van der Waals surface area contributed by atoms with E-state index in [4.69, 9.17) is 14.1 Å². The predicted octanol–water partition coefficient (Wildman–Crippen LogP) is 2.58. The highest BCUT2D eigenvalue weighted by atomic mass is 16.6. The van der Waals surface area contributed by atoms with Gasteiger partial charge in [0.1, 0.15) is 11.4 Å². The molecule has 1 amide bonds. The first kappa shape index (κ1) is 20.6. The van der Waals surface area contributed by atoms with Gasteiger partial charge < -0.3 is 19.2 Å². The summed E-state index contributed by atoms with van der Waals surface area (Å²) >= 11 is 0. The number of hydrogen-bond donors (Lipinski definition) is 1. The number of hydrogen-bond acceptors (Lipinski definition) is 5. The standard InChI is InChI=1S/C19H29BNO5/c1-17(2,3)25-16(22)21-11-13-9-8-10-14(15(13)24-12-21)20-26-19(6,7)18(4,5)23/h8-10,23H,11-12H2,1-7H3. The van der Waals surface area contributed by atoms with E-state index in [1.807, 2.05) is 52.8 Å². The fourth-order valence-electron chi connectivity index (χ4n) is 2.19. The second-order valence-corrected chi connectivity index (χ2v) is 8.59. The van der Waals surface area contributed by atoms with Gasteiger partial charge in [-0.15, -0.1) is 0 Å². The fraction of sp³-hybridized carbons (Fsp3) is 0.632. The predicted molar refractivity (Wildman–Crippen MR) is 101 cm³/mol. The summed E-state index contributed by atoms with van der Waals surface area (Å²) in [5, 5.41) is 10.2. The summed E-state index contributed by atoms with van der Waals surface area (Å²) in [6.45, 7) is 13.1. The smallest absolute Gasteiger partial charge is 0.413 e. The molecule has 26 heavy (non-hydrogen) atoms. The van der Waals surface area contributed by atoms with Crippen molar-refractivity contribution in [2.45, 2.75) is 71.8 Å². The SMILES string of the molecule is CC(C)(C)OC(=O)N1COc2c([B]OC(C)(C)C(C)(C)O)cccc2C1. The largest absolute Gasteiger partial charge is 0.473 e. The van der Waals surface area contributed by atoms with Gasteiger partial charge in [-0.25, -0.2) is 4.79 Å². The number of carbonyl (C=O) groups excluding carboxylic acids is 1. The first-order valence-corrected chi connectivity index (χ1v) is 8.76. The van der Waals surface area contributed by atoms with Crippen molar-refractivity contribution < 1.29 is 24.0 Å². The third kappa shape index (κ3) is 4.92. The molecule has 0 spiro atoms. The molecule has 1 aliphatic heterocycles. The lowest BCUT2D eigenvalue weighted by Crippen LogP contribution is -2.49. The van der Waals surface area contributed by atoms with Crippen LogP contribution in [0.5, 0.6) is 5.75 Å². The van der Waals surface area contributed by atoms with E-state index in [9.17, 15) is 9.90 Å². The summed E-state index contributed by atoms with van der Waals surface area (Å²) in [5.41, 5.74) is -0.687. The number of aliphatic hydroxyl groups is 1. The van der Waals surface area contributed by atoms with Crippen molar-refractivity contribution in [3.63, 3.8) is 0 Å². The molecule has 1 aromatic carbocycles. The third-order valence-corrected chi connectivity index (χ3v) is 4.46. The molecular weight excluding hydrogens is 333 g/mol. The highest BCUT2D eigenvalue weighted by Crippen LogP contribution is 2.27. The maximum Gasteiger partial charge on any atom is 0.413 e. The van der Waals surface area contributed by atoms with E-state index >= 15 is 0 Å². The number of ether oxygens (including phenoxy) is 2. The van der Waals surface area contributed by atoms with Crippen molar-refractivity contribution >= 4 is 19.0 Å². The van der Waals surface area contributed by atoms with Gasteiger partial charge in [-0.05, 0) is 53.9 Å². The van der Waals surface area contributed by atoms with Crippen LogP contribution in [0.3, 0.4) is 0 Å². The quantitative estimate of drug-likeness (QED) is 0.834. The second-order valence-electron chi connectivity index (χ2n) is 8.59. The minimum absolute atomic E-state index is 0.113. The zero-order valence-electron chi connectivity index (χ0n) is 16.8. The normalized spacial score (nSPS) is 15.2. The van der Waals surface area contributed by atoms with Gasteiger partial charge in [0.25, 0.3) is 0 Å². The van der Waals surface area contributed by atoms with Crippen LogP contribution in [0, 0.1) is 0 Å². The molecule has 0 bridgehead atoms. The van der Waals surface area contributed by atoms with Crippen LogP contribution in [-0.2, 0) is 15.9 Å². The van der Waals surface area contributed by atoms with Crippen LogP contribution in [0.15, 0.2) is 18.2 Å². The number of fused-ring (bicyclic) bond motifs is 1. The van der Waals surface area contributed by atoms with Gasteiger partial charge >= 0.3 is 13.6 Å². The monoisotopic (exact) mass is 362 g/mol. The summed E-state index contributed by atoms with van der Waals surface area (Å²) in [6.07, 6.45) is -0.406.